The molecule has 1 heterocycles. The summed E-state index contributed by atoms with van der Waals surface area (Å²) in [5.41, 5.74) is 4.03. The summed E-state index contributed by atoms with van der Waals surface area (Å²) in [5, 5.41) is 0. The number of para-hydroxylation sites is 2. The second-order valence-corrected chi connectivity index (χ2v) is 4.88. The maximum Gasteiger partial charge on any atom is 0.236 e. The molecule has 0 N–H and O–H groups in total. The predicted molar refractivity (Wildman–Crippen MR) is 84.6 cm³/mol. The van der Waals surface area contributed by atoms with E-state index in [0.717, 1.165) is 29.6 Å². The number of hydrogen-bond donors (Lipinski definition) is 0. The van der Waals surface area contributed by atoms with Crippen LogP contribution in [0.3, 0.4) is 0 Å². The van der Waals surface area contributed by atoms with Crippen LogP contribution < -0.4 is 4.74 Å². The van der Waals surface area contributed by atoms with Crippen molar-refractivity contribution in [1.29, 1.82) is 0 Å². The summed E-state index contributed by atoms with van der Waals surface area (Å²) in [4.78, 5) is 9.31. The third kappa shape index (κ3) is 3.19. The molecule has 0 aliphatic rings. The number of benzene rings is 2. The van der Waals surface area contributed by atoms with Crippen molar-refractivity contribution in [3.05, 3.63) is 65.9 Å². The molecule has 0 fully saturated rings. The monoisotopic (exact) mass is 278 g/mol. The van der Waals surface area contributed by atoms with Gasteiger partial charge in [0, 0.05) is 0 Å². The van der Waals surface area contributed by atoms with Crippen LogP contribution in [-0.2, 0) is 12.8 Å². The summed E-state index contributed by atoms with van der Waals surface area (Å²) in [6.45, 7) is 2.57. The maximum absolute atomic E-state index is 5.66. The molecule has 1 aromatic heterocycles. The Kier molecular flexibility index (Phi) is 4.10. The molecule has 106 valence electrons. The van der Waals surface area contributed by atoms with Gasteiger partial charge in [0.25, 0.3) is 0 Å². The molecule has 0 saturated heterocycles. The van der Waals surface area contributed by atoms with Gasteiger partial charge in [-0.25, -0.2) is 9.97 Å². The standard InChI is InChI=1S/C18H18N2O/c1-2-21-18-17(13-12-14-8-4-3-5-9-14)19-15-10-6-7-11-16(15)20-18/h3-11H,2,12-13H2,1H3. The lowest BCUT2D eigenvalue weighted by Gasteiger charge is -2.10. The van der Waals surface area contributed by atoms with Gasteiger partial charge < -0.3 is 4.74 Å². The van der Waals surface area contributed by atoms with Crippen molar-refractivity contribution in [2.24, 2.45) is 0 Å². The summed E-state index contributed by atoms with van der Waals surface area (Å²) in [6.07, 6.45) is 1.77. The third-order valence-corrected chi connectivity index (χ3v) is 3.38. The van der Waals surface area contributed by atoms with Crippen LogP contribution >= 0.6 is 0 Å². The van der Waals surface area contributed by atoms with E-state index < -0.39 is 0 Å². The first-order valence-corrected chi connectivity index (χ1v) is 7.29. The van der Waals surface area contributed by atoms with Gasteiger partial charge in [0.15, 0.2) is 0 Å². The van der Waals surface area contributed by atoms with Crippen molar-refractivity contribution >= 4 is 11.0 Å². The van der Waals surface area contributed by atoms with E-state index in [1.54, 1.807) is 0 Å². The van der Waals surface area contributed by atoms with E-state index in [2.05, 4.69) is 29.2 Å². The molecule has 3 heteroatoms. The van der Waals surface area contributed by atoms with Gasteiger partial charge in [-0.05, 0) is 37.5 Å². The topological polar surface area (TPSA) is 35.0 Å². The van der Waals surface area contributed by atoms with E-state index in [4.69, 9.17) is 9.72 Å². The fourth-order valence-electron chi connectivity index (χ4n) is 2.34. The van der Waals surface area contributed by atoms with Gasteiger partial charge in [-0.1, -0.05) is 42.5 Å². The number of fused-ring (bicyclic) bond motifs is 1. The summed E-state index contributed by atoms with van der Waals surface area (Å²) in [5.74, 6) is 0.659. The highest BCUT2D eigenvalue weighted by Gasteiger charge is 2.09. The normalized spacial score (nSPS) is 10.7. The van der Waals surface area contributed by atoms with Gasteiger partial charge in [-0.15, -0.1) is 0 Å². The van der Waals surface area contributed by atoms with Crippen LogP contribution in [0.1, 0.15) is 18.2 Å². The molecule has 0 aliphatic carbocycles. The molecule has 3 aromatic rings. The maximum atomic E-state index is 5.66. The van der Waals surface area contributed by atoms with Crippen LogP contribution in [-0.4, -0.2) is 16.6 Å². The Bertz CT molecular complexity index is 726. The van der Waals surface area contributed by atoms with Gasteiger partial charge in [0.05, 0.1) is 17.6 Å². The lowest BCUT2D eigenvalue weighted by molar-refractivity contribution is 0.322. The largest absolute Gasteiger partial charge is 0.477 e. The minimum Gasteiger partial charge on any atom is -0.477 e. The van der Waals surface area contributed by atoms with Crippen LogP contribution in [0.25, 0.3) is 11.0 Å². The molecule has 2 aromatic carbocycles. The first-order chi connectivity index (χ1) is 10.4. The second-order valence-electron chi connectivity index (χ2n) is 4.88. The Morgan fingerprint density at radius 2 is 1.48 bits per heavy atom. The van der Waals surface area contributed by atoms with Gasteiger partial charge >= 0.3 is 0 Å². The first kappa shape index (κ1) is 13.6. The summed E-state index contributed by atoms with van der Waals surface area (Å²) >= 11 is 0. The lowest BCUT2D eigenvalue weighted by atomic mass is 10.1. The lowest BCUT2D eigenvalue weighted by Crippen LogP contribution is -2.04. The molecule has 0 atom stereocenters. The first-order valence-electron chi connectivity index (χ1n) is 7.29. The smallest absolute Gasteiger partial charge is 0.236 e. The highest BCUT2D eigenvalue weighted by Crippen LogP contribution is 2.20. The number of ether oxygens (including phenoxy) is 1. The number of aromatic nitrogens is 2. The van der Waals surface area contributed by atoms with Gasteiger partial charge in [-0.2, -0.15) is 0 Å². The van der Waals surface area contributed by atoms with E-state index in [0.29, 0.717) is 12.5 Å². The third-order valence-electron chi connectivity index (χ3n) is 3.38. The van der Waals surface area contributed by atoms with Crippen molar-refractivity contribution in [3.8, 4) is 5.88 Å². The van der Waals surface area contributed by atoms with Crippen LogP contribution in [0.15, 0.2) is 54.6 Å². The molecule has 3 rings (SSSR count). The zero-order chi connectivity index (χ0) is 14.5. The molecule has 21 heavy (non-hydrogen) atoms. The van der Waals surface area contributed by atoms with Crippen LogP contribution in [0, 0.1) is 0 Å². The van der Waals surface area contributed by atoms with E-state index >= 15 is 0 Å². The van der Waals surface area contributed by atoms with Crippen molar-refractivity contribution in [3.63, 3.8) is 0 Å². The van der Waals surface area contributed by atoms with Gasteiger partial charge in [0.1, 0.15) is 5.69 Å². The molecule has 0 spiro atoms. The summed E-state index contributed by atoms with van der Waals surface area (Å²) < 4.78 is 5.66. The van der Waals surface area contributed by atoms with E-state index in [9.17, 15) is 0 Å². The molecule has 0 aliphatic heterocycles. The molecule has 0 radical (unpaired) electrons. The number of nitrogens with zero attached hydrogens (tertiary/aromatic N) is 2. The average Bonchev–Trinajstić information content (AvgIpc) is 2.54. The Hall–Kier alpha value is -2.42. The van der Waals surface area contributed by atoms with Gasteiger partial charge in [-0.3, -0.25) is 0 Å². The number of rotatable bonds is 5. The van der Waals surface area contributed by atoms with Crippen LogP contribution in [0.2, 0.25) is 0 Å². The molecular weight excluding hydrogens is 260 g/mol. The fourth-order valence-corrected chi connectivity index (χ4v) is 2.34. The molecule has 0 bridgehead atoms. The molecule has 0 saturated carbocycles. The zero-order valence-electron chi connectivity index (χ0n) is 12.1. The van der Waals surface area contributed by atoms with Crippen molar-refractivity contribution in [2.45, 2.75) is 19.8 Å². The second kappa shape index (κ2) is 6.35. The number of aryl methyl sites for hydroxylation is 2. The number of hydrogen-bond acceptors (Lipinski definition) is 3. The molecule has 3 nitrogen and oxygen atoms in total. The predicted octanol–water partition coefficient (Wildman–Crippen LogP) is 3.81. The molecule has 0 unspecified atom stereocenters. The van der Waals surface area contributed by atoms with Crippen molar-refractivity contribution < 1.29 is 4.74 Å². The Labute approximate surface area is 124 Å². The van der Waals surface area contributed by atoms with E-state index in [-0.39, 0.29) is 0 Å². The minimum absolute atomic E-state index is 0.603. The molecular formula is C18H18N2O. The highest BCUT2D eigenvalue weighted by atomic mass is 16.5. The summed E-state index contributed by atoms with van der Waals surface area (Å²) in [7, 11) is 0. The van der Waals surface area contributed by atoms with E-state index in [1.165, 1.54) is 5.56 Å². The SMILES string of the molecule is CCOc1nc2ccccc2nc1CCc1ccccc1. The van der Waals surface area contributed by atoms with Gasteiger partial charge in [0.2, 0.25) is 5.88 Å². The molecule has 0 amide bonds. The van der Waals surface area contributed by atoms with E-state index in [1.807, 2.05) is 37.3 Å². The van der Waals surface area contributed by atoms with Crippen LogP contribution in [0.4, 0.5) is 0 Å². The quantitative estimate of drug-likeness (QED) is 0.711. The summed E-state index contributed by atoms with van der Waals surface area (Å²) in [6, 6.07) is 18.3. The highest BCUT2D eigenvalue weighted by molar-refractivity contribution is 5.74. The Morgan fingerprint density at radius 3 is 2.19 bits per heavy atom. The fraction of sp³-hybridized carbons (Fsp3) is 0.222. The Morgan fingerprint density at radius 1 is 0.810 bits per heavy atom. The van der Waals surface area contributed by atoms with Crippen molar-refractivity contribution in [1.82, 2.24) is 9.97 Å². The average molecular weight is 278 g/mol. The minimum atomic E-state index is 0.603. The van der Waals surface area contributed by atoms with Crippen LogP contribution in [0.5, 0.6) is 5.88 Å². The zero-order valence-corrected chi connectivity index (χ0v) is 12.1. The van der Waals surface area contributed by atoms with Crippen molar-refractivity contribution in [2.75, 3.05) is 6.61 Å². The Balaban J connectivity index is 1.90.